The largest absolute Gasteiger partial charge is 0.0999 e. The molecule has 0 N–H and O–H groups in total. The summed E-state index contributed by atoms with van der Waals surface area (Å²) in [5, 5.41) is 0. The quantitative estimate of drug-likeness (QED) is 0.548. The van der Waals surface area contributed by atoms with E-state index in [2.05, 4.69) is 27.0 Å². The molecule has 0 aromatic heterocycles. The molecule has 0 bridgehead atoms. The van der Waals surface area contributed by atoms with Gasteiger partial charge in [0.25, 0.3) is 0 Å². The van der Waals surface area contributed by atoms with E-state index >= 15 is 0 Å². The van der Waals surface area contributed by atoms with Crippen LogP contribution in [-0.4, -0.2) is 0 Å². The lowest BCUT2D eigenvalue weighted by Crippen LogP contribution is -2.15. The van der Waals surface area contributed by atoms with Crippen LogP contribution in [0, 0.1) is 23.7 Å². The van der Waals surface area contributed by atoms with Crippen molar-refractivity contribution in [3.63, 3.8) is 0 Å². The van der Waals surface area contributed by atoms with Crippen molar-refractivity contribution in [1.29, 1.82) is 0 Å². The first-order valence-electron chi connectivity index (χ1n) is 6.42. The van der Waals surface area contributed by atoms with Crippen LogP contribution in [0.15, 0.2) is 24.3 Å². The van der Waals surface area contributed by atoms with E-state index < -0.39 is 0 Å². The molecule has 0 amide bonds. The first-order valence-corrected chi connectivity index (χ1v) is 6.42. The number of hydrogen-bond donors (Lipinski definition) is 0. The van der Waals surface area contributed by atoms with Crippen molar-refractivity contribution in [1.82, 2.24) is 0 Å². The van der Waals surface area contributed by atoms with Crippen molar-refractivity contribution in [2.75, 3.05) is 0 Å². The van der Waals surface area contributed by atoms with Gasteiger partial charge in [-0.3, -0.25) is 0 Å². The van der Waals surface area contributed by atoms with Gasteiger partial charge in [0.15, 0.2) is 0 Å². The van der Waals surface area contributed by atoms with E-state index in [9.17, 15) is 0 Å². The Bertz CT molecular complexity index is 274. The fourth-order valence-corrected chi connectivity index (χ4v) is 3.61. The van der Waals surface area contributed by atoms with Gasteiger partial charge in [0, 0.05) is 0 Å². The maximum Gasteiger partial charge on any atom is -0.0175 e. The first-order chi connectivity index (χ1) is 7.09. The Labute approximate surface area is 94.5 Å². The van der Waals surface area contributed by atoms with Gasteiger partial charge in [-0.15, -0.1) is 0 Å². The highest BCUT2D eigenvalue weighted by atomic mass is 14.4. The summed E-state index contributed by atoms with van der Waals surface area (Å²) in [4.78, 5) is 0. The fraction of sp³-hybridized carbons (Fsp3) is 0.733. The van der Waals surface area contributed by atoms with E-state index in [4.69, 9.17) is 0 Å². The molecule has 0 heterocycles. The smallest absolute Gasteiger partial charge is 0.0175 e. The summed E-state index contributed by atoms with van der Waals surface area (Å²) in [6.07, 6.45) is 6.73. The minimum absolute atomic E-state index is 0.761. The molecule has 4 atom stereocenters. The molecule has 0 aliphatic heterocycles. The molecule has 0 aromatic rings. The highest BCUT2D eigenvalue weighted by Gasteiger charge is 2.38. The van der Waals surface area contributed by atoms with Crippen LogP contribution in [0.25, 0.3) is 0 Å². The lowest BCUT2D eigenvalue weighted by atomic mass is 9.81. The van der Waals surface area contributed by atoms with Crippen LogP contribution in [0.3, 0.4) is 0 Å². The highest BCUT2D eigenvalue weighted by Crippen LogP contribution is 2.48. The van der Waals surface area contributed by atoms with Crippen LogP contribution in [0.1, 0.15) is 46.0 Å². The summed E-state index contributed by atoms with van der Waals surface area (Å²) in [6.45, 7) is 13.1. The first kappa shape index (κ1) is 11.0. The topological polar surface area (TPSA) is 0 Å². The van der Waals surface area contributed by atoms with Crippen LogP contribution in [0.2, 0.25) is 0 Å². The van der Waals surface area contributed by atoms with Gasteiger partial charge in [0.2, 0.25) is 0 Å². The van der Waals surface area contributed by atoms with E-state index in [0.717, 1.165) is 23.7 Å². The molecule has 0 heteroatoms. The number of allylic oxidation sites excluding steroid dienone is 2. The Balaban J connectivity index is 2.16. The molecule has 4 unspecified atom stereocenters. The Hall–Kier alpha value is -0.520. The van der Waals surface area contributed by atoms with E-state index in [1.807, 2.05) is 0 Å². The minimum atomic E-state index is 0.761. The van der Waals surface area contributed by atoms with E-state index in [-0.39, 0.29) is 0 Å². The molecule has 0 saturated heterocycles. The van der Waals surface area contributed by atoms with E-state index in [1.54, 1.807) is 0 Å². The Morgan fingerprint density at radius 3 is 2.67 bits per heavy atom. The van der Waals surface area contributed by atoms with Gasteiger partial charge in [-0.25, -0.2) is 0 Å². The third-order valence-corrected chi connectivity index (χ3v) is 4.77. The van der Waals surface area contributed by atoms with Crippen molar-refractivity contribution < 1.29 is 0 Å². The van der Waals surface area contributed by atoms with Gasteiger partial charge in [-0.2, -0.15) is 0 Å². The molecule has 2 rings (SSSR count). The van der Waals surface area contributed by atoms with Gasteiger partial charge in [-0.1, -0.05) is 31.2 Å². The Morgan fingerprint density at radius 1 is 1.27 bits per heavy atom. The van der Waals surface area contributed by atoms with Gasteiger partial charge >= 0.3 is 0 Å². The molecule has 0 nitrogen and oxygen atoms in total. The summed E-state index contributed by atoms with van der Waals surface area (Å²) in [5.41, 5.74) is 2.93. The van der Waals surface area contributed by atoms with Crippen molar-refractivity contribution in [3.05, 3.63) is 24.3 Å². The number of hydrogen-bond acceptors (Lipinski definition) is 0. The molecule has 2 aliphatic carbocycles. The molecular formula is C15H24. The second kappa shape index (κ2) is 4.15. The summed E-state index contributed by atoms with van der Waals surface area (Å²) < 4.78 is 0. The predicted octanol–water partition coefficient (Wildman–Crippen LogP) is 4.58. The maximum absolute atomic E-state index is 4.32. The van der Waals surface area contributed by atoms with Gasteiger partial charge in [0.05, 0.1) is 0 Å². The second-order valence-corrected chi connectivity index (χ2v) is 5.80. The van der Waals surface area contributed by atoms with Crippen molar-refractivity contribution in [2.24, 2.45) is 23.7 Å². The number of rotatable bonds is 1. The molecule has 2 saturated carbocycles. The molecule has 15 heavy (non-hydrogen) atoms. The summed E-state index contributed by atoms with van der Waals surface area (Å²) >= 11 is 0. The van der Waals surface area contributed by atoms with Crippen molar-refractivity contribution >= 4 is 0 Å². The summed E-state index contributed by atoms with van der Waals surface area (Å²) in [6, 6.07) is 0. The zero-order valence-electron chi connectivity index (χ0n) is 10.3. The molecule has 0 aromatic carbocycles. The van der Waals surface area contributed by atoms with Crippen LogP contribution in [0.5, 0.6) is 0 Å². The molecular weight excluding hydrogens is 180 g/mol. The zero-order valence-corrected chi connectivity index (χ0v) is 10.3. The third-order valence-electron chi connectivity index (χ3n) is 4.77. The molecule has 2 fully saturated rings. The van der Waals surface area contributed by atoms with Gasteiger partial charge < -0.3 is 0 Å². The van der Waals surface area contributed by atoms with Crippen molar-refractivity contribution in [2.45, 2.75) is 46.0 Å². The third kappa shape index (κ3) is 2.04. The van der Waals surface area contributed by atoms with Crippen LogP contribution >= 0.6 is 0 Å². The lowest BCUT2D eigenvalue weighted by molar-refractivity contribution is 0.311. The van der Waals surface area contributed by atoms with E-state index in [1.165, 1.54) is 43.3 Å². The minimum Gasteiger partial charge on any atom is -0.0999 e. The normalized spacial score (nSPS) is 41.1. The summed E-state index contributed by atoms with van der Waals surface area (Å²) in [7, 11) is 0. The second-order valence-electron chi connectivity index (χ2n) is 5.80. The predicted molar refractivity (Wildman–Crippen MR) is 66.7 cm³/mol. The summed E-state index contributed by atoms with van der Waals surface area (Å²) in [5.74, 6) is 3.41. The Kier molecular flexibility index (Phi) is 3.04. The SMILES string of the molecule is C=C(C)C1CCC(=C)C2CCC(C)C2C1. The monoisotopic (exact) mass is 204 g/mol. The molecule has 0 spiro atoms. The standard InChI is InChI=1S/C15H24/c1-10(2)13-7-5-11(3)14-8-6-12(4)15(14)9-13/h12-15H,1,3,5-9H2,2,4H3. The highest BCUT2D eigenvalue weighted by molar-refractivity contribution is 5.12. The van der Waals surface area contributed by atoms with Crippen LogP contribution < -0.4 is 0 Å². The lowest BCUT2D eigenvalue weighted by Gasteiger charge is -2.24. The number of fused-ring (bicyclic) bond motifs is 1. The van der Waals surface area contributed by atoms with Gasteiger partial charge in [0.1, 0.15) is 0 Å². The average molecular weight is 204 g/mol. The van der Waals surface area contributed by atoms with Crippen LogP contribution in [0.4, 0.5) is 0 Å². The molecule has 84 valence electrons. The van der Waals surface area contributed by atoms with Gasteiger partial charge in [-0.05, 0) is 62.7 Å². The zero-order chi connectivity index (χ0) is 11.0. The molecule has 0 radical (unpaired) electrons. The molecule has 2 aliphatic rings. The Morgan fingerprint density at radius 2 is 2.00 bits per heavy atom. The van der Waals surface area contributed by atoms with Crippen molar-refractivity contribution in [3.8, 4) is 0 Å². The van der Waals surface area contributed by atoms with E-state index in [0.29, 0.717) is 0 Å². The average Bonchev–Trinajstić information content (AvgIpc) is 2.43. The fourth-order valence-electron chi connectivity index (χ4n) is 3.61. The van der Waals surface area contributed by atoms with Crippen LogP contribution in [-0.2, 0) is 0 Å². The maximum atomic E-state index is 4.32.